The fourth-order valence-electron chi connectivity index (χ4n) is 0.993. The largest absolute Gasteiger partial charge is 0.382 e. The standard InChI is InChI=1S/C8H14N2O5/c1-13-2-3-14-5-7(11)9-6-4-15-10-8(6)12/h6H,2-5H2,1H3,(H,9,11)(H,10,12)/t6-/m1/s1. The first kappa shape index (κ1) is 11.9. The molecule has 1 aliphatic rings. The summed E-state index contributed by atoms with van der Waals surface area (Å²) in [7, 11) is 1.55. The summed E-state index contributed by atoms with van der Waals surface area (Å²) in [6.07, 6.45) is 0. The van der Waals surface area contributed by atoms with Crippen molar-refractivity contribution >= 4 is 11.8 Å². The van der Waals surface area contributed by atoms with Gasteiger partial charge in [0.1, 0.15) is 19.3 Å². The van der Waals surface area contributed by atoms with Crippen molar-refractivity contribution in [1.82, 2.24) is 10.8 Å². The number of amides is 2. The van der Waals surface area contributed by atoms with Gasteiger partial charge >= 0.3 is 0 Å². The number of hydrogen-bond donors (Lipinski definition) is 2. The number of hydrogen-bond acceptors (Lipinski definition) is 5. The summed E-state index contributed by atoms with van der Waals surface area (Å²) < 4.78 is 9.71. The van der Waals surface area contributed by atoms with Crippen LogP contribution < -0.4 is 10.8 Å². The summed E-state index contributed by atoms with van der Waals surface area (Å²) in [6.45, 7) is 0.827. The maximum Gasteiger partial charge on any atom is 0.268 e. The van der Waals surface area contributed by atoms with Crippen molar-refractivity contribution in [3.05, 3.63) is 0 Å². The van der Waals surface area contributed by atoms with Gasteiger partial charge in [-0.2, -0.15) is 0 Å². The molecule has 1 atom stereocenters. The Kier molecular flexibility index (Phi) is 5.02. The summed E-state index contributed by atoms with van der Waals surface area (Å²) in [5, 5.41) is 2.46. The third kappa shape index (κ3) is 4.24. The third-order valence-electron chi connectivity index (χ3n) is 1.74. The van der Waals surface area contributed by atoms with Crippen LogP contribution in [0.4, 0.5) is 0 Å². The Morgan fingerprint density at radius 3 is 3.07 bits per heavy atom. The molecule has 0 bridgehead atoms. The first-order valence-corrected chi connectivity index (χ1v) is 4.51. The lowest BCUT2D eigenvalue weighted by molar-refractivity contribution is -0.131. The fraction of sp³-hybridized carbons (Fsp3) is 0.750. The highest BCUT2D eigenvalue weighted by Crippen LogP contribution is 1.93. The fourth-order valence-corrected chi connectivity index (χ4v) is 0.993. The molecule has 0 aliphatic carbocycles. The molecule has 0 radical (unpaired) electrons. The van der Waals surface area contributed by atoms with Crippen LogP contribution >= 0.6 is 0 Å². The quantitative estimate of drug-likeness (QED) is 0.513. The van der Waals surface area contributed by atoms with Gasteiger partial charge in [0.05, 0.1) is 13.2 Å². The van der Waals surface area contributed by atoms with Crippen molar-refractivity contribution in [2.75, 3.05) is 33.5 Å². The van der Waals surface area contributed by atoms with Gasteiger partial charge in [-0.15, -0.1) is 0 Å². The van der Waals surface area contributed by atoms with E-state index in [1.165, 1.54) is 0 Å². The van der Waals surface area contributed by atoms with Gasteiger partial charge in [-0.1, -0.05) is 0 Å². The van der Waals surface area contributed by atoms with E-state index in [2.05, 4.69) is 15.6 Å². The van der Waals surface area contributed by atoms with Gasteiger partial charge in [-0.25, -0.2) is 5.48 Å². The molecular formula is C8H14N2O5. The van der Waals surface area contributed by atoms with Crippen molar-refractivity contribution in [3.8, 4) is 0 Å². The van der Waals surface area contributed by atoms with Crippen molar-refractivity contribution in [2.45, 2.75) is 6.04 Å². The molecule has 2 amide bonds. The number of ether oxygens (including phenoxy) is 2. The minimum Gasteiger partial charge on any atom is -0.382 e. The van der Waals surface area contributed by atoms with Gasteiger partial charge in [0.25, 0.3) is 5.91 Å². The normalized spacial score (nSPS) is 20.1. The molecule has 0 aromatic carbocycles. The van der Waals surface area contributed by atoms with Crippen LogP contribution in [0.2, 0.25) is 0 Å². The lowest BCUT2D eigenvalue weighted by Gasteiger charge is -2.08. The number of rotatable bonds is 6. The Morgan fingerprint density at radius 2 is 2.47 bits per heavy atom. The van der Waals surface area contributed by atoms with Gasteiger partial charge in [0.2, 0.25) is 5.91 Å². The molecule has 0 saturated carbocycles. The van der Waals surface area contributed by atoms with E-state index < -0.39 is 6.04 Å². The molecule has 7 nitrogen and oxygen atoms in total. The van der Waals surface area contributed by atoms with Gasteiger partial charge in [0, 0.05) is 7.11 Å². The highest BCUT2D eigenvalue weighted by Gasteiger charge is 2.26. The lowest BCUT2D eigenvalue weighted by atomic mass is 10.3. The minimum absolute atomic E-state index is 0.0901. The molecule has 0 aromatic rings. The molecule has 86 valence electrons. The van der Waals surface area contributed by atoms with Crippen LogP contribution in [0.15, 0.2) is 0 Å². The predicted octanol–water partition coefficient (Wildman–Crippen LogP) is -1.80. The minimum atomic E-state index is -0.622. The van der Waals surface area contributed by atoms with Gasteiger partial charge < -0.3 is 14.8 Å². The zero-order valence-corrected chi connectivity index (χ0v) is 8.45. The summed E-state index contributed by atoms with van der Waals surface area (Å²) >= 11 is 0. The summed E-state index contributed by atoms with van der Waals surface area (Å²) in [5.41, 5.74) is 2.14. The van der Waals surface area contributed by atoms with E-state index in [9.17, 15) is 9.59 Å². The van der Waals surface area contributed by atoms with E-state index >= 15 is 0 Å². The van der Waals surface area contributed by atoms with Gasteiger partial charge in [-0.05, 0) is 0 Å². The van der Waals surface area contributed by atoms with Crippen LogP contribution in [0.25, 0.3) is 0 Å². The maximum atomic E-state index is 11.2. The SMILES string of the molecule is COCCOCC(=O)N[C@@H]1CONC1=O. The van der Waals surface area contributed by atoms with E-state index in [-0.39, 0.29) is 25.0 Å². The molecule has 1 aliphatic heterocycles. The van der Waals surface area contributed by atoms with Gasteiger partial charge in [0.15, 0.2) is 0 Å². The second kappa shape index (κ2) is 6.33. The lowest BCUT2D eigenvalue weighted by Crippen LogP contribution is -2.43. The van der Waals surface area contributed by atoms with Crippen LogP contribution in [0.5, 0.6) is 0 Å². The molecule has 1 saturated heterocycles. The first-order valence-electron chi connectivity index (χ1n) is 4.51. The molecule has 1 rings (SSSR count). The smallest absolute Gasteiger partial charge is 0.268 e. The molecule has 7 heteroatoms. The van der Waals surface area contributed by atoms with E-state index in [0.29, 0.717) is 13.2 Å². The predicted molar refractivity (Wildman–Crippen MR) is 48.7 cm³/mol. The monoisotopic (exact) mass is 218 g/mol. The van der Waals surface area contributed by atoms with Gasteiger partial charge in [-0.3, -0.25) is 14.4 Å². The molecular weight excluding hydrogens is 204 g/mol. The summed E-state index contributed by atoms with van der Waals surface area (Å²) in [5.74, 6) is -0.697. The first-order chi connectivity index (χ1) is 7.24. The molecule has 0 aromatic heterocycles. The zero-order valence-electron chi connectivity index (χ0n) is 8.45. The van der Waals surface area contributed by atoms with E-state index in [1.807, 2.05) is 0 Å². The summed E-state index contributed by atoms with van der Waals surface area (Å²) in [4.78, 5) is 26.8. The Bertz CT molecular complexity index is 233. The number of nitrogens with one attached hydrogen (secondary N) is 2. The maximum absolute atomic E-state index is 11.2. The van der Waals surface area contributed by atoms with Crippen molar-refractivity contribution in [2.24, 2.45) is 0 Å². The molecule has 1 fully saturated rings. The molecule has 0 unspecified atom stereocenters. The number of methoxy groups -OCH3 is 1. The molecule has 1 heterocycles. The highest BCUT2D eigenvalue weighted by molar-refractivity contribution is 5.88. The molecule has 15 heavy (non-hydrogen) atoms. The van der Waals surface area contributed by atoms with E-state index in [4.69, 9.17) is 9.47 Å². The Labute approximate surface area is 87.0 Å². The second-order valence-corrected chi connectivity index (χ2v) is 2.94. The van der Waals surface area contributed by atoms with Crippen LogP contribution in [-0.2, 0) is 23.9 Å². The van der Waals surface area contributed by atoms with Crippen molar-refractivity contribution in [1.29, 1.82) is 0 Å². The Balaban J connectivity index is 2.10. The number of carbonyl (C=O) groups excluding carboxylic acids is 2. The Hall–Kier alpha value is -1.18. The molecule has 0 spiro atoms. The average molecular weight is 218 g/mol. The van der Waals surface area contributed by atoms with Crippen LogP contribution in [0.3, 0.4) is 0 Å². The van der Waals surface area contributed by atoms with E-state index in [1.54, 1.807) is 7.11 Å². The Morgan fingerprint density at radius 1 is 1.67 bits per heavy atom. The topological polar surface area (TPSA) is 85.9 Å². The molecule has 2 N–H and O–H groups in total. The third-order valence-corrected chi connectivity index (χ3v) is 1.74. The average Bonchev–Trinajstić information content (AvgIpc) is 2.59. The number of hydroxylamine groups is 1. The van der Waals surface area contributed by atoms with Crippen molar-refractivity contribution in [3.63, 3.8) is 0 Å². The summed E-state index contributed by atoms with van der Waals surface area (Å²) in [6, 6.07) is -0.622. The second-order valence-electron chi connectivity index (χ2n) is 2.94. The zero-order chi connectivity index (χ0) is 11.1. The van der Waals surface area contributed by atoms with Crippen LogP contribution in [0, 0.1) is 0 Å². The van der Waals surface area contributed by atoms with Crippen LogP contribution in [0.1, 0.15) is 0 Å². The number of carbonyl (C=O) groups is 2. The van der Waals surface area contributed by atoms with E-state index in [0.717, 1.165) is 0 Å². The van der Waals surface area contributed by atoms with Crippen molar-refractivity contribution < 1.29 is 23.9 Å². The highest BCUT2D eigenvalue weighted by atomic mass is 16.7. The van der Waals surface area contributed by atoms with Crippen LogP contribution in [-0.4, -0.2) is 51.4 Å².